The summed E-state index contributed by atoms with van der Waals surface area (Å²) in [4.78, 5) is 0. The van der Waals surface area contributed by atoms with E-state index in [0.717, 1.165) is 18.6 Å². The summed E-state index contributed by atoms with van der Waals surface area (Å²) in [6.45, 7) is 0.946. The second-order valence-electron chi connectivity index (χ2n) is 3.72. The lowest BCUT2D eigenvalue weighted by molar-refractivity contribution is 0.0853. The highest BCUT2D eigenvalue weighted by atomic mass is 16.3. The molecule has 2 N–H and O–H groups in total. The van der Waals surface area contributed by atoms with Gasteiger partial charge in [0.1, 0.15) is 5.76 Å². The predicted octanol–water partition coefficient (Wildman–Crippen LogP) is 1.28. The number of furan rings is 1. The van der Waals surface area contributed by atoms with E-state index >= 15 is 0 Å². The van der Waals surface area contributed by atoms with Crippen molar-refractivity contribution < 1.29 is 9.52 Å². The smallest absolute Gasteiger partial charge is 0.117 e. The Morgan fingerprint density at radius 2 is 2.38 bits per heavy atom. The Bertz CT molecular complexity index is 246. The first-order valence-corrected chi connectivity index (χ1v) is 4.73. The quantitative estimate of drug-likeness (QED) is 0.735. The third-order valence-electron chi connectivity index (χ3n) is 2.83. The molecule has 0 bridgehead atoms. The topological polar surface area (TPSA) is 45.4 Å². The minimum absolute atomic E-state index is 0.0210. The van der Waals surface area contributed by atoms with Gasteiger partial charge in [-0.1, -0.05) is 0 Å². The van der Waals surface area contributed by atoms with E-state index in [4.69, 9.17) is 4.42 Å². The fraction of sp³-hybridized carbons (Fsp3) is 0.600. The average molecular weight is 181 g/mol. The molecule has 0 atom stereocenters. The third kappa shape index (κ3) is 1.76. The number of hydrogen-bond donors (Lipinski definition) is 2. The molecule has 0 aromatic carbocycles. The highest BCUT2D eigenvalue weighted by Crippen LogP contribution is 2.31. The summed E-state index contributed by atoms with van der Waals surface area (Å²) in [5.41, 5.74) is -0.0210. The van der Waals surface area contributed by atoms with Gasteiger partial charge in [0, 0.05) is 5.54 Å². The number of nitrogens with one attached hydrogen (secondary N) is 1. The van der Waals surface area contributed by atoms with E-state index in [1.54, 1.807) is 6.26 Å². The molecule has 1 saturated carbocycles. The van der Waals surface area contributed by atoms with E-state index < -0.39 is 0 Å². The van der Waals surface area contributed by atoms with Crippen LogP contribution in [0.3, 0.4) is 0 Å². The highest BCUT2D eigenvalue weighted by Gasteiger charge is 2.35. The molecule has 0 radical (unpaired) electrons. The van der Waals surface area contributed by atoms with E-state index in [9.17, 15) is 5.11 Å². The molecular weight excluding hydrogens is 166 g/mol. The molecule has 0 unspecified atom stereocenters. The molecule has 13 heavy (non-hydrogen) atoms. The number of aliphatic hydroxyl groups excluding tert-OH is 1. The first-order chi connectivity index (χ1) is 6.35. The van der Waals surface area contributed by atoms with Crippen molar-refractivity contribution in [3.63, 3.8) is 0 Å². The van der Waals surface area contributed by atoms with Gasteiger partial charge < -0.3 is 14.8 Å². The number of aliphatic hydroxyl groups is 1. The van der Waals surface area contributed by atoms with Gasteiger partial charge in [0.2, 0.25) is 0 Å². The highest BCUT2D eigenvalue weighted by molar-refractivity contribution is 5.01. The van der Waals surface area contributed by atoms with E-state index in [1.807, 2.05) is 12.1 Å². The van der Waals surface area contributed by atoms with Crippen LogP contribution >= 0.6 is 0 Å². The lowest BCUT2D eigenvalue weighted by Crippen LogP contribution is -2.53. The second kappa shape index (κ2) is 3.52. The molecular formula is C10H15NO2. The van der Waals surface area contributed by atoms with Crippen molar-refractivity contribution in [2.24, 2.45) is 0 Å². The van der Waals surface area contributed by atoms with Crippen molar-refractivity contribution >= 4 is 0 Å². The van der Waals surface area contributed by atoms with Gasteiger partial charge in [-0.15, -0.1) is 0 Å². The maximum Gasteiger partial charge on any atom is 0.117 e. The molecule has 1 heterocycles. The van der Waals surface area contributed by atoms with E-state index in [1.165, 1.54) is 6.42 Å². The summed E-state index contributed by atoms with van der Waals surface area (Å²) >= 11 is 0. The molecule has 0 aliphatic heterocycles. The Balaban J connectivity index is 1.84. The molecule has 3 heteroatoms. The van der Waals surface area contributed by atoms with Gasteiger partial charge in [0.15, 0.2) is 0 Å². The molecule has 72 valence electrons. The van der Waals surface area contributed by atoms with E-state index in [2.05, 4.69) is 5.32 Å². The van der Waals surface area contributed by atoms with Crippen LogP contribution in [0.5, 0.6) is 0 Å². The van der Waals surface area contributed by atoms with Crippen LogP contribution in [-0.4, -0.2) is 17.3 Å². The maximum absolute atomic E-state index is 9.17. The second-order valence-corrected chi connectivity index (χ2v) is 3.72. The van der Waals surface area contributed by atoms with Crippen LogP contribution in [-0.2, 0) is 6.54 Å². The molecule has 1 aromatic rings. The Kier molecular flexibility index (Phi) is 2.38. The summed E-state index contributed by atoms with van der Waals surface area (Å²) < 4.78 is 5.20. The fourth-order valence-corrected chi connectivity index (χ4v) is 1.68. The van der Waals surface area contributed by atoms with Crippen LogP contribution in [0.25, 0.3) is 0 Å². The van der Waals surface area contributed by atoms with Crippen molar-refractivity contribution in [3.05, 3.63) is 24.2 Å². The largest absolute Gasteiger partial charge is 0.468 e. The average Bonchev–Trinajstić information content (AvgIpc) is 2.56. The molecule has 1 aliphatic rings. The lowest BCUT2D eigenvalue weighted by Gasteiger charge is -2.41. The molecule has 2 rings (SSSR count). The fourth-order valence-electron chi connectivity index (χ4n) is 1.68. The van der Waals surface area contributed by atoms with Crippen molar-refractivity contribution in [2.75, 3.05) is 6.61 Å². The molecule has 0 saturated heterocycles. The molecule has 1 aromatic heterocycles. The van der Waals surface area contributed by atoms with Gasteiger partial charge in [-0.05, 0) is 31.4 Å². The first kappa shape index (κ1) is 8.78. The lowest BCUT2D eigenvalue weighted by atomic mass is 9.77. The SMILES string of the molecule is OCC1(NCc2ccco2)CCC1. The summed E-state index contributed by atoms with van der Waals surface area (Å²) in [5, 5.41) is 12.5. The Morgan fingerprint density at radius 1 is 1.54 bits per heavy atom. The van der Waals surface area contributed by atoms with Crippen molar-refractivity contribution in [1.29, 1.82) is 0 Å². The van der Waals surface area contributed by atoms with Crippen LogP contribution in [0.15, 0.2) is 22.8 Å². The predicted molar refractivity (Wildman–Crippen MR) is 49.2 cm³/mol. The van der Waals surface area contributed by atoms with Crippen LogP contribution in [0, 0.1) is 0 Å². The van der Waals surface area contributed by atoms with Gasteiger partial charge in [0.05, 0.1) is 19.4 Å². The van der Waals surface area contributed by atoms with Gasteiger partial charge in [0.25, 0.3) is 0 Å². The molecule has 0 spiro atoms. The number of rotatable bonds is 4. The van der Waals surface area contributed by atoms with Gasteiger partial charge in [-0.25, -0.2) is 0 Å². The van der Waals surface area contributed by atoms with Gasteiger partial charge >= 0.3 is 0 Å². The number of hydrogen-bond acceptors (Lipinski definition) is 3. The summed E-state index contributed by atoms with van der Waals surface area (Å²) in [5.74, 6) is 0.930. The normalized spacial score (nSPS) is 19.8. The van der Waals surface area contributed by atoms with E-state index in [-0.39, 0.29) is 12.1 Å². The monoisotopic (exact) mass is 181 g/mol. The van der Waals surface area contributed by atoms with Crippen LogP contribution in [0.1, 0.15) is 25.0 Å². The van der Waals surface area contributed by atoms with Crippen LogP contribution in [0.4, 0.5) is 0 Å². The Hall–Kier alpha value is -0.800. The molecule has 1 aliphatic carbocycles. The zero-order valence-electron chi connectivity index (χ0n) is 7.62. The summed E-state index contributed by atoms with van der Waals surface area (Å²) in [7, 11) is 0. The molecule has 3 nitrogen and oxygen atoms in total. The Morgan fingerprint density at radius 3 is 2.85 bits per heavy atom. The van der Waals surface area contributed by atoms with Crippen LogP contribution in [0.2, 0.25) is 0 Å². The first-order valence-electron chi connectivity index (χ1n) is 4.73. The van der Waals surface area contributed by atoms with Crippen molar-refractivity contribution in [2.45, 2.75) is 31.3 Å². The zero-order chi connectivity index (χ0) is 9.15. The van der Waals surface area contributed by atoms with Gasteiger partial charge in [-0.3, -0.25) is 0 Å². The molecule has 1 fully saturated rings. The van der Waals surface area contributed by atoms with Gasteiger partial charge in [-0.2, -0.15) is 0 Å². The minimum atomic E-state index is -0.0210. The Labute approximate surface area is 77.8 Å². The summed E-state index contributed by atoms with van der Waals surface area (Å²) in [6, 6.07) is 3.82. The zero-order valence-corrected chi connectivity index (χ0v) is 7.62. The maximum atomic E-state index is 9.17. The molecule has 0 amide bonds. The minimum Gasteiger partial charge on any atom is -0.468 e. The standard InChI is InChI=1S/C10H15NO2/c12-8-10(4-2-5-10)11-7-9-3-1-6-13-9/h1,3,6,11-12H,2,4-5,7-8H2. The van der Waals surface area contributed by atoms with Crippen LogP contribution < -0.4 is 5.32 Å². The van der Waals surface area contributed by atoms with Crippen molar-refractivity contribution in [3.8, 4) is 0 Å². The van der Waals surface area contributed by atoms with E-state index in [0.29, 0.717) is 6.54 Å². The third-order valence-corrected chi connectivity index (χ3v) is 2.83. The van der Waals surface area contributed by atoms with Crippen molar-refractivity contribution in [1.82, 2.24) is 5.32 Å². The summed E-state index contributed by atoms with van der Waals surface area (Å²) in [6.07, 6.45) is 5.03.